The lowest BCUT2D eigenvalue weighted by molar-refractivity contribution is 0.0951. The van der Waals surface area contributed by atoms with E-state index >= 15 is 0 Å². The zero-order valence-electron chi connectivity index (χ0n) is 9.60. The molecular weight excluding hydrogens is 190 g/mol. The van der Waals surface area contributed by atoms with Gasteiger partial charge in [0.2, 0.25) is 0 Å². The number of hydrogen-bond acceptors (Lipinski definition) is 3. The molecule has 0 aliphatic rings. The summed E-state index contributed by atoms with van der Waals surface area (Å²) in [6.07, 6.45) is 4.06. The number of carbonyl (C=O) groups is 1. The molecule has 0 saturated heterocycles. The third-order valence-corrected chi connectivity index (χ3v) is 2.30. The van der Waals surface area contributed by atoms with Crippen LogP contribution in [-0.2, 0) is 6.54 Å². The molecule has 2 N–H and O–H groups in total. The predicted octanol–water partition coefficient (Wildman–Crippen LogP) is 1.46. The minimum atomic E-state index is -0.403. The molecule has 1 atom stereocenters. The second kappa shape index (κ2) is 5.07. The Kier molecular flexibility index (Phi) is 4.03. The maximum absolute atomic E-state index is 11.8. The quantitative estimate of drug-likeness (QED) is 0.747. The molecule has 0 aromatic carbocycles. The van der Waals surface area contributed by atoms with E-state index in [-0.39, 0.29) is 5.78 Å². The Morgan fingerprint density at radius 2 is 2.27 bits per heavy atom. The molecule has 15 heavy (non-hydrogen) atoms. The molecule has 0 fully saturated rings. The summed E-state index contributed by atoms with van der Waals surface area (Å²) in [6.45, 7) is 6.87. The van der Waals surface area contributed by atoms with Crippen LogP contribution in [0.15, 0.2) is 12.4 Å². The molecule has 0 spiro atoms. The van der Waals surface area contributed by atoms with Crippen molar-refractivity contribution in [2.75, 3.05) is 0 Å². The fourth-order valence-electron chi connectivity index (χ4n) is 1.49. The highest BCUT2D eigenvalue weighted by molar-refractivity contribution is 5.99. The number of Topliss-reactive ketones (excluding diaryl/α,β-unsaturated/α-hetero) is 1. The van der Waals surface area contributed by atoms with E-state index in [0.29, 0.717) is 11.5 Å². The van der Waals surface area contributed by atoms with Crippen LogP contribution in [0.25, 0.3) is 0 Å². The van der Waals surface area contributed by atoms with Crippen molar-refractivity contribution in [1.82, 2.24) is 9.78 Å². The van der Waals surface area contributed by atoms with Gasteiger partial charge in [0.1, 0.15) is 0 Å². The van der Waals surface area contributed by atoms with Crippen molar-refractivity contribution < 1.29 is 4.79 Å². The minimum Gasteiger partial charge on any atom is -0.321 e. The first-order valence-electron chi connectivity index (χ1n) is 5.36. The molecule has 4 heteroatoms. The molecule has 1 rings (SSSR count). The minimum absolute atomic E-state index is 0.0107. The lowest BCUT2D eigenvalue weighted by atomic mass is 9.98. The molecule has 0 aliphatic carbocycles. The second-order valence-electron chi connectivity index (χ2n) is 4.18. The van der Waals surface area contributed by atoms with Gasteiger partial charge in [-0.05, 0) is 19.3 Å². The van der Waals surface area contributed by atoms with Gasteiger partial charge in [0, 0.05) is 12.7 Å². The van der Waals surface area contributed by atoms with Crippen LogP contribution in [0.1, 0.15) is 37.6 Å². The van der Waals surface area contributed by atoms with E-state index in [4.69, 9.17) is 5.73 Å². The van der Waals surface area contributed by atoms with Gasteiger partial charge in [0.25, 0.3) is 0 Å². The van der Waals surface area contributed by atoms with E-state index in [1.54, 1.807) is 17.1 Å². The average Bonchev–Trinajstić information content (AvgIpc) is 2.63. The van der Waals surface area contributed by atoms with Crippen molar-refractivity contribution >= 4 is 5.78 Å². The summed E-state index contributed by atoms with van der Waals surface area (Å²) in [5.74, 6) is 0.425. The molecule has 0 amide bonds. The van der Waals surface area contributed by atoms with Gasteiger partial charge in [0.15, 0.2) is 5.78 Å². The first-order valence-corrected chi connectivity index (χ1v) is 5.36. The molecule has 0 aliphatic heterocycles. The Labute approximate surface area is 90.5 Å². The van der Waals surface area contributed by atoms with Crippen LogP contribution >= 0.6 is 0 Å². The zero-order chi connectivity index (χ0) is 11.4. The number of aryl methyl sites for hydroxylation is 1. The Bertz CT molecular complexity index is 330. The van der Waals surface area contributed by atoms with E-state index in [1.165, 1.54) is 0 Å². The summed E-state index contributed by atoms with van der Waals surface area (Å²) in [6, 6.07) is -0.403. The van der Waals surface area contributed by atoms with Gasteiger partial charge >= 0.3 is 0 Å². The van der Waals surface area contributed by atoms with Crippen molar-refractivity contribution in [2.24, 2.45) is 11.7 Å². The molecule has 0 bridgehead atoms. The van der Waals surface area contributed by atoms with Crippen LogP contribution in [0.3, 0.4) is 0 Å². The van der Waals surface area contributed by atoms with Crippen LogP contribution < -0.4 is 5.73 Å². The fraction of sp³-hybridized carbons (Fsp3) is 0.636. The number of ketones is 1. The summed E-state index contributed by atoms with van der Waals surface area (Å²) >= 11 is 0. The van der Waals surface area contributed by atoms with Crippen LogP contribution in [0.5, 0.6) is 0 Å². The zero-order valence-corrected chi connectivity index (χ0v) is 9.60. The van der Waals surface area contributed by atoms with Crippen molar-refractivity contribution in [1.29, 1.82) is 0 Å². The monoisotopic (exact) mass is 209 g/mol. The molecular formula is C11H19N3O. The number of aromatic nitrogens is 2. The van der Waals surface area contributed by atoms with Gasteiger partial charge in [0.05, 0.1) is 17.8 Å². The Balaban J connectivity index is 2.67. The molecule has 4 nitrogen and oxygen atoms in total. The Morgan fingerprint density at radius 1 is 1.60 bits per heavy atom. The maximum atomic E-state index is 11.8. The van der Waals surface area contributed by atoms with Crippen molar-refractivity contribution in [3.05, 3.63) is 18.0 Å². The number of rotatable bonds is 5. The van der Waals surface area contributed by atoms with Gasteiger partial charge in [-0.25, -0.2) is 0 Å². The predicted molar refractivity (Wildman–Crippen MR) is 59.7 cm³/mol. The lowest BCUT2D eigenvalue weighted by Crippen LogP contribution is -2.31. The fourth-order valence-corrected chi connectivity index (χ4v) is 1.49. The molecule has 84 valence electrons. The first kappa shape index (κ1) is 11.9. The topological polar surface area (TPSA) is 60.9 Å². The van der Waals surface area contributed by atoms with E-state index < -0.39 is 6.04 Å². The van der Waals surface area contributed by atoms with E-state index in [0.717, 1.165) is 13.0 Å². The molecule has 1 aromatic rings. The Hall–Kier alpha value is -1.16. The first-order chi connectivity index (χ1) is 7.04. The lowest BCUT2D eigenvalue weighted by Gasteiger charge is -2.11. The molecule has 0 radical (unpaired) electrons. The third-order valence-electron chi connectivity index (χ3n) is 2.30. The SMILES string of the molecule is CCn1cc(C(=O)C(N)CC(C)C)cn1. The van der Waals surface area contributed by atoms with Crippen LogP contribution in [0.2, 0.25) is 0 Å². The van der Waals surface area contributed by atoms with E-state index in [2.05, 4.69) is 18.9 Å². The summed E-state index contributed by atoms with van der Waals surface area (Å²) in [4.78, 5) is 11.8. The number of nitrogens with two attached hydrogens (primary N) is 1. The maximum Gasteiger partial charge on any atom is 0.182 e. The van der Waals surface area contributed by atoms with Gasteiger partial charge in [-0.3, -0.25) is 9.48 Å². The van der Waals surface area contributed by atoms with Crippen molar-refractivity contribution in [3.63, 3.8) is 0 Å². The van der Waals surface area contributed by atoms with Crippen LogP contribution in [0, 0.1) is 5.92 Å². The van der Waals surface area contributed by atoms with E-state index in [1.807, 2.05) is 6.92 Å². The molecule has 1 heterocycles. The van der Waals surface area contributed by atoms with E-state index in [9.17, 15) is 4.79 Å². The second-order valence-corrected chi connectivity index (χ2v) is 4.18. The van der Waals surface area contributed by atoms with Gasteiger partial charge in [-0.2, -0.15) is 5.10 Å². The van der Waals surface area contributed by atoms with Gasteiger partial charge in [-0.1, -0.05) is 13.8 Å². The van der Waals surface area contributed by atoms with Gasteiger partial charge in [-0.15, -0.1) is 0 Å². The summed E-state index contributed by atoms with van der Waals surface area (Å²) in [5.41, 5.74) is 6.43. The smallest absolute Gasteiger partial charge is 0.182 e. The highest BCUT2D eigenvalue weighted by Gasteiger charge is 2.18. The molecule has 1 unspecified atom stereocenters. The highest BCUT2D eigenvalue weighted by atomic mass is 16.1. The van der Waals surface area contributed by atoms with Gasteiger partial charge < -0.3 is 5.73 Å². The van der Waals surface area contributed by atoms with Crippen molar-refractivity contribution in [2.45, 2.75) is 39.8 Å². The molecule has 1 aromatic heterocycles. The largest absolute Gasteiger partial charge is 0.321 e. The summed E-state index contributed by atoms with van der Waals surface area (Å²) < 4.78 is 1.73. The Morgan fingerprint density at radius 3 is 2.73 bits per heavy atom. The summed E-state index contributed by atoms with van der Waals surface area (Å²) in [7, 11) is 0. The third kappa shape index (κ3) is 3.16. The standard InChI is InChI=1S/C11H19N3O/c1-4-14-7-9(6-13-14)11(15)10(12)5-8(2)3/h6-8,10H,4-5,12H2,1-3H3. The van der Waals surface area contributed by atoms with Crippen LogP contribution in [0.4, 0.5) is 0 Å². The normalized spacial score (nSPS) is 13.1. The number of hydrogen-bond donors (Lipinski definition) is 1. The molecule has 0 saturated carbocycles. The van der Waals surface area contributed by atoms with Crippen LogP contribution in [-0.4, -0.2) is 21.6 Å². The summed E-state index contributed by atoms with van der Waals surface area (Å²) in [5, 5.41) is 4.06. The number of nitrogens with zero attached hydrogens (tertiary/aromatic N) is 2. The average molecular weight is 209 g/mol. The van der Waals surface area contributed by atoms with Crippen molar-refractivity contribution in [3.8, 4) is 0 Å². The number of carbonyl (C=O) groups excluding carboxylic acids is 1. The highest BCUT2D eigenvalue weighted by Crippen LogP contribution is 2.09.